The summed E-state index contributed by atoms with van der Waals surface area (Å²) in [7, 11) is 0. The van der Waals surface area contributed by atoms with Crippen molar-refractivity contribution in [2.75, 3.05) is 6.61 Å². The number of ether oxygens (including phenoxy) is 1. The molecular weight excluding hydrogens is 317 g/mol. The minimum Gasteiger partial charge on any atom is -0.480 e. The van der Waals surface area contributed by atoms with E-state index in [4.69, 9.17) is 16.7 Å². The maximum Gasteiger partial charge on any atom is 0.422 e. The van der Waals surface area contributed by atoms with E-state index < -0.39 is 47.5 Å². The number of carbonyl (C=O) groups is 1. The molecule has 1 aromatic heterocycles. The van der Waals surface area contributed by atoms with Crippen molar-refractivity contribution in [1.29, 1.82) is 0 Å². The Balaban J connectivity index is 3.32. The Bertz CT molecular complexity index is 598. The van der Waals surface area contributed by atoms with Crippen molar-refractivity contribution in [1.82, 2.24) is 9.78 Å². The summed E-state index contributed by atoms with van der Waals surface area (Å²) in [5.74, 6) is -2.23. The molecule has 1 N–H and O–H groups in total. The third kappa shape index (κ3) is 4.62. The van der Waals surface area contributed by atoms with Gasteiger partial charge in [-0.15, -0.1) is 0 Å². The summed E-state index contributed by atoms with van der Waals surface area (Å²) >= 11 is 5.70. The van der Waals surface area contributed by atoms with Gasteiger partial charge in [0.05, 0.1) is 0 Å². The van der Waals surface area contributed by atoms with Crippen LogP contribution in [-0.4, -0.2) is 33.6 Å². The molecule has 0 saturated carbocycles. The maximum absolute atomic E-state index is 12.2. The minimum absolute atomic E-state index is 0.0231. The van der Waals surface area contributed by atoms with Gasteiger partial charge in [0.25, 0.3) is 5.56 Å². The molecule has 0 amide bonds. The predicted molar refractivity (Wildman–Crippen MR) is 66.8 cm³/mol. The SMILES string of the molecule is CC(C)c1nn(CC(=O)O)c(=O)c(Cl)c1OCC(F)(F)F. The fourth-order valence-corrected chi connectivity index (χ4v) is 1.70. The molecule has 1 rings (SSSR count). The van der Waals surface area contributed by atoms with Crippen LogP contribution in [0.25, 0.3) is 0 Å². The van der Waals surface area contributed by atoms with Crippen LogP contribution in [-0.2, 0) is 11.3 Å². The monoisotopic (exact) mass is 328 g/mol. The topological polar surface area (TPSA) is 81.4 Å². The summed E-state index contributed by atoms with van der Waals surface area (Å²) in [6.07, 6.45) is -4.60. The van der Waals surface area contributed by atoms with Crippen LogP contribution in [0.15, 0.2) is 4.79 Å². The molecule has 0 bridgehead atoms. The van der Waals surface area contributed by atoms with Gasteiger partial charge in [-0.25, -0.2) is 4.68 Å². The van der Waals surface area contributed by atoms with E-state index in [-0.39, 0.29) is 5.69 Å². The molecule has 0 aliphatic carbocycles. The fraction of sp³-hybridized carbons (Fsp3) is 0.545. The van der Waals surface area contributed by atoms with Crippen molar-refractivity contribution >= 4 is 17.6 Å². The molecule has 6 nitrogen and oxygen atoms in total. The average molecular weight is 329 g/mol. The van der Waals surface area contributed by atoms with E-state index in [0.717, 1.165) is 0 Å². The number of alkyl halides is 3. The predicted octanol–water partition coefficient (Wildman–Crippen LogP) is 2.05. The first kappa shape index (κ1) is 17.3. The smallest absolute Gasteiger partial charge is 0.422 e. The van der Waals surface area contributed by atoms with E-state index in [1.807, 2.05) is 0 Å². The highest BCUT2D eigenvalue weighted by Gasteiger charge is 2.30. The van der Waals surface area contributed by atoms with Crippen molar-refractivity contribution in [2.45, 2.75) is 32.5 Å². The standard InChI is InChI=1S/C11H12ClF3N2O4/c1-5(2)8-9(21-4-11(13,14)15)7(12)10(20)17(16-8)3-6(18)19/h5H,3-4H2,1-2H3,(H,18,19). The third-order valence-corrected chi connectivity index (χ3v) is 2.63. The first-order valence-electron chi connectivity index (χ1n) is 5.74. The average Bonchev–Trinajstić information content (AvgIpc) is 2.31. The van der Waals surface area contributed by atoms with Crippen LogP contribution in [0, 0.1) is 0 Å². The zero-order valence-electron chi connectivity index (χ0n) is 11.1. The number of aromatic nitrogens is 2. The quantitative estimate of drug-likeness (QED) is 0.894. The summed E-state index contributed by atoms with van der Waals surface area (Å²) < 4.78 is 41.7. The number of carboxylic acids is 1. The van der Waals surface area contributed by atoms with Crippen LogP contribution in [0.4, 0.5) is 13.2 Å². The van der Waals surface area contributed by atoms with Gasteiger partial charge in [-0.2, -0.15) is 18.3 Å². The van der Waals surface area contributed by atoms with Crippen molar-refractivity contribution in [3.8, 4) is 5.75 Å². The van der Waals surface area contributed by atoms with Crippen molar-refractivity contribution in [3.05, 3.63) is 21.1 Å². The maximum atomic E-state index is 12.2. The second-order valence-electron chi connectivity index (χ2n) is 4.44. The van der Waals surface area contributed by atoms with Crippen molar-refractivity contribution in [2.24, 2.45) is 0 Å². The molecule has 21 heavy (non-hydrogen) atoms. The number of rotatable bonds is 5. The molecular formula is C11H12ClF3N2O4. The van der Waals surface area contributed by atoms with Gasteiger partial charge in [-0.05, 0) is 0 Å². The zero-order valence-corrected chi connectivity index (χ0v) is 11.8. The molecule has 10 heteroatoms. The molecule has 1 heterocycles. The van der Waals surface area contributed by atoms with Crippen LogP contribution < -0.4 is 10.3 Å². The number of carboxylic acid groups (broad SMARTS) is 1. The summed E-state index contributed by atoms with van der Waals surface area (Å²) in [4.78, 5) is 22.4. The molecule has 0 unspecified atom stereocenters. The Morgan fingerprint density at radius 1 is 1.48 bits per heavy atom. The molecule has 0 saturated heterocycles. The number of hydrogen-bond donors (Lipinski definition) is 1. The van der Waals surface area contributed by atoms with Gasteiger partial charge in [0.1, 0.15) is 12.2 Å². The van der Waals surface area contributed by atoms with Crippen LogP contribution >= 0.6 is 11.6 Å². The third-order valence-electron chi connectivity index (χ3n) is 2.29. The van der Waals surface area contributed by atoms with Crippen LogP contribution in [0.2, 0.25) is 5.02 Å². The lowest BCUT2D eigenvalue weighted by atomic mass is 10.1. The fourth-order valence-electron chi connectivity index (χ4n) is 1.45. The summed E-state index contributed by atoms with van der Waals surface area (Å²) in [6, 6.07) is 0. The highest BCUT2D eigenvalue weighted by molar-refractivity contribution is 6.31. The Hall–Kier alpha value is -1.77. The second-order valence-corrected chi connectivity index (χ2v) is 4.82. The summed E-state index contributed by atoms with van der Waals surface area (Å²) in [5.41, 5.74) is -1.05. The molecule has 0 aliphatic rings. The van der Waals surface area contributed by atoms with E-state index in [1.165, 1.54) is 0 Å². The number of nitrogens with zero attached hydrogens (tertiary/aromatic N) is 2. The Morgan fingerprint density at radius 3 is 2.48 bits per heavy atom. The van der Waals surface area contributed by atoms with Gasteiger partial charge >= 0.3 is 12.1 Å². The van der Waals surface area contributed by atoms with Gasteiger partial charge in [0, 0.05) is 5.92 Å². The van der Waals surface area contributed by atoms with E-state index in [0.29, 0.717) is 4.68 Å². The molecule has 0 radical (unpaired) electrons. The van der Waals surface area contributed by atoms with Crippen molar-refractivity contribution < 1.29 is 27.8 Å². The lowest BCUT2D eigenvalue weighted by Gasteiger charge is -2.17. The molecule has 0 aromatic carbocycles. The molecule has 1 aromatic rings. The number of hydrogen-bond acceptors (Lipinski definition) is 4. The summed E-state index contributed by atoms with van der Waals surface area (Å²) in [6.45, 7) is 0.803. The largest absolute Gasteiger partial charge is 0.480 e. The zero-order chi connectivity index (χ0) is 16.4. The van der Waals surface area contributed by atoms with Crippen LogP contribution in [0.3, 0.4) is 0 Å². The highest BCUT2D eigenvalue weighted by atomic mass is 35.5. The molecule has 0 spiro atoms. The van der Waals surface area contributed by atoms with Gasteiger partial charge in [-0.3, -0.25) is 9.59 Å². The second kappa shape index (κ2) is 6.33. The van der Waals surface area contributed by atoms with E-state index >= 15 is 0 Å². The molecule has 0 fully saturated rings. The van der Waals surface area contributed by atoms with Crippen LogP contribution in [0.5, 0.6) is 5.75 Å². The Labute approximate surface area is 122 Å². The van der Waals surface area contributed by atoms with E-state index in [2.05, 4.69) is 9.84 Å². The normalized spacial score (nSPS) is 11.8. The Kier molecular flexibility index (Phi) is 5.21. The molecule has 0 atom stereocenters. The van der Waals surface area contributed by atoms with Crippen molar-refractivity contribution in [3.63, 3.8) is 0 Å². The number of halogens is 4. The Morgan fingerprint density at radius 2 is 2.05 bits per heavy atom. The van der Waals surface area contributed by atoms with Gasteiger partial charge in [-0.1, -0.05) is 25.4 Å². The van der Waals surface area contributed by atoms with Gasteiger partial charge in [0.2, 0.25) is 0 Å². The number of aliphatic carboxylic acids is 1. The molecule has 118 valence electrons. The van der Waals surface area contributed by atoms with Gasteiger partial charge in [0.15, 0.2) is 17.4 Å². The highest BCUT2D eigenvalue weighted by Crippen LogP contribution is 2.30. The minimum atomic E-state index is -4.60. The van der Waals surface area contributed by atoms with Gasteiger partial charge < -0.3 is 9.84 Å². The summed E-state index contributed by atoms with van der Waals surface area (Å²) in [5, 5.41) is 11.8. The lowest BCUT2D eigenvalue weighted by molar-refractivity contribution is -0.153. The first-order valence-corrected chi connectivity index (χ1v) is 6.12. The van der Waals surface area contributed by atoms with E-state index in [1.54, 1.807) is 13.8 Å². The van der Waals surface area contributed by atoms with E-state index in [9.17, 15) is 22.8 Å². The van der Waals surface area contributed by atoms with Crippen LogP contribution in [0.1, 0.15) is 25.5 Å². The first-order chi connectivity index (χ1) is 9.53. The lowest BCUT2D eigenvalue weighted by Crippen LogP contribution is -2.30. The molecule has 0 aliphatic heterocycles.